The second-order valence-electron chi connectivity index (χ2n) is 4.23. The minimum Gasteiger partial charge on any atom is -0.369 e. The van der Waals surface area contributed by atoms with Gasteiger partial charge in [-0.25, -0.2) is 15.0 Å². The molecule has 0 saturated carbocycles. The number of pyridine rings is 1. The van der Waals surface area contributed by atoms with Crippen molar-refractivity contribution in [3.63, 3.8) is 0 Å². The van der Waals surface area contributed by atoms with Crippen molar-refractivity contribution in [2.75, 3.05) is 5.73 Å². The Kier molecular flexibility index (Phi) is 2.52. The summed E-state index contributed by atoms with van der Waals surface area (Å²) < 4.78 is 1.90. The molecule has 0 aromatic carbocycles. The topological polar surface area (TPSA) is 69.6 Å². The number of thiazole rings is 1. The SMILES string of the molecule is Cc1csc(Cn2c(N)nc3ccc(C)nc32)n1. The van der Waals surface area contributed by atoms with Gasteiger partial charge in [-0.2, -0.15) is 0 Å². The standard InChI is InChI=1S/C12H13N5S/c1-7-3-4-9-11(15-7)17(12(13)16-9)5-10-14-8(2)6-18-10/h3-4,6H,5H2,1-2H3,(H2,13,16). The van der Waals surface area contributed by atoms with Crippen LogP contribution in [0.2, 0.25) is 0 Å². The van der Waals surface area contributed by atoms with Crippen LogP contribution in [0.3, 0.4) is 0 Å². The summed E-state index contributed by atoms with van der Waals surface area (Å²) in [6, 6.07) is 3.88. The molecule has 3 aromatic heterocycles. The van der Waals surface area contributed by atoms with Crippen LogP contribution >= 0.6 is 11.3 Å². The molecule has 0 aliphatic rings. The highest BCUT2D eigenvalue weighted by Gasteiger charge is 2.11. The Labute approximate surface area is 108 Å². The van der Waals surface area contributed by atoms with Gasteiger partial charge in [0.1, 0.15) is 10.5 Å². The monoisotopic (exact) mass is 259 g/mol. The summed E-state index contributed by atoms with van der Waals surface area (Å²) in [6.45, 7) is 4.57. The molecule has 92 valence electrons. The molecule has 0 bridgehead atoms. The van der Waals surface area contributed by atoms with E-state index in [1.54, 1.807) is 11.3 Å². The van der Waals surface area contributed by atoms with Crippen LogP contribution in [-0.2, 0) is 6.54 Å². The van der Waals surface area contributed by atoms with E-state index in [2.05, 4.69) is 15.0 Å². The van der Waals surface area contributed by atoms with Gasteiger partial charge in [-0.1, -0.05) is 0 Å². The summed E-state index contributed by atoms with van der Waals surface area (Å²) in [7, 11) is 0. The highest BCUT2D eigenvalue weighted by molar-refractivity contribution is 7.09. The van der Waals surface area contributed by atoms with Crippen LogP contribution in [0.1, 0.15) is 16.4 Å². The second kappa shape index (κ2) is 4.06. The van der Waals surface area contributed by atoms with Crippen LogP contribution in [0.15, 0.2) is 17.5 Å². The average molecular weight is 259 g/mol. The number of nitrogen functional groups attached to an aromatic ring is 1. The lowest BCUT2D eigenvalue weighted by atomic mass is 10.3. The fraction of sp³-hybridized carbons (Fsp3) is 0.250. The lowest BCUT2D eigenvalue weighted by Gasteiger charge is -2.03. The van der Waals surface area contributed by atoms with Crippen LogP contribution in [0.25, 0.3) is 11.2 Å². The van der Waals surface area contributed by atoms with Gasteiger partial charge in [-0.05, 0) is 26.0 Å². The number of imidazole rings is 1. The summed E-state index contributed by atoms with van der Waals surface area (Å²) in [5.74, 6) is 0.482. The van der Waals surface area contributed by atoms with Gasteiger partial charge in [-0.15, -0.1) is 11.3 Å². The van der Waals surface area contributed by atoms with Gasteiger partial charge in [0.15, 0.2) is 5.65 Å². The maximum atomic E-state index is 5.95. The normalized spacial score (nSPS) is 11.2. The molecule has 0 atom stereocenters. The van der Waals surface area contributed by atoms with Gasteiger partial charge in [0, 0.05) is 16.8 Å². The van der Waals surface area contributed by atoms with E-state index in [0.29, 0.717) is 12.5 Å². The number of aryl methyl sites for hydroxylation is 2. The highest BCUT2D eigenvalue weighted by Crippen LogP contribution is 2.19. The van der Waals surface area contributed by atoms with E-state index < -0.39 is 0 Å². The largest absolute Gasteiger partial charge is 0.369 e. The summed E-state index contributed by atoms with van der Waals surface area (Å²) in [6.07, 6.45) is 0. The first-order valence-electron chi connectivity index (χ1n) is 5.64. The van der Waals surface area contributed by atoms with E-state index in [4.69, 9.17) is 5.73 Å². The van der Waals surface area contributed by atoms with Crippen molar-refractivity contribution >= 4 is 28.4 Å². The molecule has 0 radical (unpaired) electrons. The zero-order chi connectivity index (χ0) is 12.7. The third kappa shape index (κ3) is 1.84. The molecular formula is C12H13N5S. The van der Waals surface area contributed by atoms with E-state index in [9.17, 15) is 0 Å². The first-order valence-corrected chi connectivity index (χ1v) is 6.52. The quantitative estimate of drug-likeness (QED) is 0.765. The molecule has 3 aromatic rings. The number of fused-ring (bicyclic) bond motifs is 1. The first-order chi connectivity index (χ1) is 8.63. The first kappa shape index (κ1) is 11.2. The predicted molar refractivity (Wildman–Crippen MR) is 72.6 cm³/mol. The third-order valence-corrected chi connectivity index (χ3v) is 3.67. The summed E-state index contributed by atoms with van der Waals surface area (Å²) >= 11 is 1.63. The molecule has 3 rings (SSSR count). The molecule has 0 saturated heterocycles. The Morgan fingerprint density at radius 1 is 1.17 bits per heavy atom. The molecule has 18 heavy (non-hydrogen) atoms. The lowest BCUT2D eigenvalue weighted by Crippen LogP contribution is -2.05. The summed E-state index contributed by atoms with van der Waals surface area (Å²) in [5.41, 5.74) is 9.58. The van der Waals surface area contributed by atoms with Crippen molar-refractivity contribution in [3.05, 3.63) is 33.9 Å². The van der Waals surface area contributed by atoms with Gasteiger partial charge in [0.05, 0.1) is 6.54 Å². The Morgan fingerprint density at radius 3 is 2.72 bits per heavy atom. The van der Waals surface area contributed by atoms with Crippen LogP contribution in [0, 0.1) is 13.8 Å². The zero-order valence-electron chi connectivity index (χ0n) is 10.2. The predicted octanol–water partition coefficient (Wildman–Crippen LogP) is 2.14. The van der Waals surface area contributed by atoms with Gasteiger partial charge in [0.25, 0.3) is 0 Å². The maximum absolute atomic E-state index is 5.95. The molecule has 5 nitrogen and oxygen atoms in total. The minimum absolute atomic E-state index is 0.482. The number of nitrogens with zero attached hydrogens (tertiary/aromatic N) is 4. The lowest BCUT2D eigenvalue weighted by molar-refractivity contribution is 0.815. The molecule has 0 spiro atoms. The van der Waals surface area contributed by atoms with E-state index >= 15 is 0 Å². The molecule has 3 heterocycles. The van der Waals surface area contributed by atoms with Crippen molar-refractivity contribution in [1.82, 2.24) is 19.5 Å². The van der Waals surface area contributed by atoms with Gasteiger partial charge in [-0.3, -0.25) is 4.57 Å². The van der Waals surface area contributed by atoms with Crippen molar-refractivity contribution in [2.45, 2.75) is 20.4 Å². The number of anilines is 1. The number of hydrogen-bond donors (Lipinski definition) is 1. The molecule has 0 fully saturated rings. The van der Waals surface area contributed by atoms with Crippen molar-refractivity contribution < 1.29 is 0 Å². The van der Waals surface area contributed by atoms with Crippen molar-refractivity contribution in [2.24, 2.45) is 0 Å². The second-order valence-corrected chi connectivity index (χ2v) is 5.18. The van der Waals surface area contributed by atoms with Crippen LogP contribution in [0.5, 0.6) is 0 Å². The van der Waals surface area contributed by atoms with Crippen molar-refractivity contribution in [3.8, 4) is 0 Å². The highest BCUT2D eigenvalue weighted by atomic mass is 32.1. The fourth-order valence-electron chi connectivity index (χ4n) is 1.88. The molecule has 2 N–H and O–H groups in total. The van der Waals surface area contributed by atoms with Gasteiger partial charge < -0.3 is 5.73 Å². The van der Waals surface area contributed by atoms with Gasteiger partial charge >= 0.3 is 0 Å². The number of aromatic nitrogens is 4. The minimum atomic E-state index is 0.482. The Bertz CT molecular complexity index is 712. The Morgan fingerprint density at radius 2 is 2.00 bits per heavy atom. The van der Waals surface area contributed by atoms with E-state index in [1.165, 1.54) is 0 Å². The molecule has 0 aliphatic carbocycles. The molecule has 6 heteroatoms. The van der Waals surface area contributed by atoms with Crippen LogP contribution in [0.4, 0.5) is 5.95 Å². The fourth-order valence-corrected chi connectivity index (χ4v) is 2.64. The Hall–Kier alpha value is -1.95. The molecule has 0 aliphatic heterocycles. The number of hydrogen-bond acceptors (Lipinski definition) is 5. The number of nitrogens with two attached hydrogens (primary N) is 1. The van der Waals surface area contributed by atoms with Crippen LogP contribution < -0.4 is 5.73 Å². The van der Waals surface area contributed by atoms with E-state index in [1.807, 2.05) is 35.9 Å². The Balaban J connectivity index is 2.10. The van der Waals surface area contributed by atoms with Gasteiger partial charge in [0.2, 0.25) is 5.95 Å². The summed E-state index contributed by atoms with van der Waals surface area (Å²) in [5, 5.41) is 3.05. The molecule has 0 amide bonds. The summed E-state index contributed by atoms with van der Waals surface area (Å²) in [4.78, 5) is 13.3. The number of rotatable bonds is 2. The smallest absolute Gasteiger partial charge is 0.202 e. The molecule has 0 unspecified atom stereocenters. The average Bonchev–Trinajstić information content (AvgIpc) is 2.86. The van der Waals surface area contributed by atoms with Crippen molar-refractivity contribution in [1.29, 1.82) is 0 Å². The maximum Gasteiger partial charge on any atom is 0.202 e. The zero-order valence-corrected chi connectivity index (χ0v) is 11.0. The van der Waals surface area contributed by atoms with E-state index in [-0.39, 0.29) is 0 Å². The molecular weight excluding hydrogens is 246 g/mol. The third-order valence-electron chi connectivity index (χ3n) is 2.72. The van der Waals surface area contributed by atoms with E-state index in [0.717, 1.165) is 27.6 Å². The van der Waals surface area contributed by atoms with Crippen LogP contribution in [-0.4, -0.2) is 19.5 Å².